The van der Waals surface area contributed by atoms with Crippen molar-refractivity contribution < 1.29 is 4.74 Å². The van der Waals surface area contributed by atoms with Gasteiger partial charge in [-0.2, -0.15) is 0 Å². The van der Waals surface area contributed by atoms with E-state index in [9.17, 15) is 0 Å². The lowest BCUT2D eigenvalue weighted by atomic mass is 9.99. The minimum Gasteiger partial charge on any atom is -0.457 e. The third-order valence-corrected chi connectivity index (χ3v) is 3.46. The summed E-state index contributed by atoms with van der Waals surface area (Å²) in [4.78, 5) is 0. The summed E-state index contributed by atoms with van der Waals surface area (Å²) in [5.74, 6) is 2.30. The van der Waals surface area contributed by atoms with Crippen molar-refractivity contribution in [3.05, 3.63) is 59.7 Å². The van der Waals surface area contributed by atoms with Gasteiger partial charge in [0.2, 0.25) is 0 Å². The predicted molar refractivity (Wildman–Crippen MR) is 79.6 cm³/mol. The molecule has 0 aliphatic rings. The second kappa shape index (κ2) is 6.39. The van der Waals surface area contributed by atoms with Crippen LogP contribution in [0.2, 0.25) is 0 Å². The van der Waals surface area contributed by atoms with Gasteiger partial charge in [-0.25, -0.2) is 0 Å². The molecule has 0 saturated heterocycles. The molecule has 0 bridgehead atoms. The highest BCUT2D eigenvalue weighted by Crippen LogP contribution is 2.25. The van der Waals surface area contributed by atoms with Crippen LogP contribution < -0.4 is 10.5 Å². The van der Waals surface area contributed by atoms with Crippen molar-refractivity contribution in [2.24, 2.45) is 5.73 Å². The van der Waals surface area contributed by atoms with Gasteiger partial charge in [-0.1, -0.05) is 38.1 Å². The van der Waals surface area contributed by atoms with E-state index in [4.69, 9.17) is 10.5 Å². The molecule has 0 spiro atoms. The Labute approximate surface area is 115 Å². The first-order valence-corrected chi connectivity index (χ1v) is 6.79. The van der Waals surface area contributed by atoms with E-state index in [-0.39, 0.29) is 0 Å². The molecule has 0 radical (unpaired) electrons. The largest absolute Gasteiger partial charge is 0.457 e. The molecule has 0 saturated carbocycles. The number of hydrogen-bond donors (Lipinski definition) is 1. The van der Waals surface area contributed by atoms with Crippen LogP contribution in [0.25, 0.3) is 0 Å². The zero-order valence-corrected chi connectivity index (χ0v) is 11.6. The summed E-state index contributed by atoms with van der Waals surface area (Å²) in [5, 5.41) is 0. The SMILES string of the molecule is CCC(C)c1ccc(Oc2ccc(CN)cc2)cc1. The summed E-state index contributed by atoms with van der Waals surface area (Å²) < 4.78 is 5.81. The molecule has 0 fully saturated rings. The Morgan fingerprint density at radius 2 is 1.47 bits per heavy atom. The van der Waals surface area contributed by atoms with Crippen LogP contribution in [0.15, 0.2) is 48.5 Å². The molecule has 2 aromatic rings. The quantitative estimate of drug-likeness (QED) is 0.856. The summed E-state index contributed by atoms with van der Waals surface area (Å²) >= 11 is 0. The van der Waals surface area contributed by atoms with Crippen molar-refractivity contribution in [3.8, 4) is 11.5 Å². The molecule has 0 heterocycles. The van der Waals surface area contributed by atoms with Crippen LogP contribution in [0.4, 0.5) is 0 Å². The van der Waals surface area contributed by atoms with Crippen molar-refractivity contribution >= 4 is 0 Å². The number of hydrogen-bond acceptors (Lipinski definition) is 2. The Balaban J connectivity index is 2.06. The zero-order valence-electron chi connectivity index (χ0n) is 11.6. The minimum atomic E-state index is 0.559. The van der Waals surface area contributed by atoms with Gasteiger partial charge >= 0.3 is 0 Å². The fourth-order valence-corrected chi connectivity index (χ4v) is 1.93. The minimum absolute atomic E-state index is 0.559. The summed E-state index contributed by atoms with van der Waals surface area (Å²) in [6.07, 6.45) is 1.15. The van der Waals surface area contributed by atoms with Crippen LogP contribution in [0.3, 0.4) is 0 Å². The highest BCUT2D eigenvalue weighted by atomic mass is 16.5. The van der Waals surface area contributed by atoms with Crippen molar-refractivity contribution in [1.29, 1.82) is 0 Å². The molecular formula is C17H21NO. The van der Waals surface area contributed by atoms with Crippen LogP contribution in [-0.4, -0.2) is 0 Å². The maximum atomic E-state index is 5.81. The lowest BCUT2D eigenvalue weighted by Crippen LogP contribution is -1.95. The van der Waals surface area contributed by atoms with Crippen LogP contribution >= 0.6 is 0 Å². The molecular weight excluding hydrogens is 234 g/mol. The van der Waals surface area contributed by atoms with E-state index in [0.29, 0.717) is 12.5 Å². The molecule has 2 heteroatoms. The van der Waals surface area contributed by atoms with Crippen molar-refractivity contribution in [2.75, 3.05) is 0 Å². The monoisotopic (exact) mass is 255 g/mol. The Bertz CT molecular complexity index is 502. The van der Waals surface area contributed by atoms with E-state index in [0.717, 1.165) is 23.5 Å². The Morgan fingerprint density at radius 3 is 1.95 bits per heavy atom. The Hall–Kier alpha value is -1.80. The van der Waals surface area contributed by atoms with Gasteiger partial charge in [0.05, 0.1) is 0 Å². The van der Waals surface area contributed by atoms with Crippen LogP contribution in [0.1, 0.15) is 37.3 Å². The van der Waals surface area contributed by atoms with Crippen molar-refractivity contribution in [3.63, 3.8) is 0 Å². The highest BCUT2D eigenvalue weighted by molar-refractivity contribution is 5.35. The van der Waals surface area contributed by atoms with Crippen LogP contribution in [0.5, 0.6) is 11.5 Å². The third-order valence-electron chi connectivity index (χ3n) is 3.46. The van der Waals surface area contributed by atoms with E-state index >= 15 is 0 Å². The second-order valence-electron chi connectivity index (χ2n) is 4.83. The first-order chi connectivity index (χ1) is 9.22. The van der Waals surface area contributed by atoms with Gasteiger partial charge in [0.1, 0.15) is 11.5 Å². The topological polar surface area (TPSA) is 35.2 Å². The van der Waals surface area contributed by atoms with E-state index in [1.54, 1.807) is 0 Å². The lowest BCUT2D eigenvalue weighted by molar-refractivity contribution is 0.482. The summed E-state index contributed by atoms with van der Waals surface area (Å²) in [5.41, 5.74) is 8.04. The van der Waals surface area contributed by atoms with Gasteiger partial charge in [-0.3, -0.25) is 0 Å². The van der Waals surface area contributed by atoms with Gasteiger partial charge < -0.3 is 10.5 Å². The first-order valence-electron chi connectivity index (χ1n) is 6.79. The molecule has 2 nitrogen and oxygen atoms in total. The molecule has 0 aliphatic heterocycles. The van der Waals surface area contributed by atoms with Gasteiger partial charge in [0.25, 0.3) is 0 Å². The van der Waals surface area contributed by atoms with E-state index in [1.807, 2.05) is 36.4 Å². The maximum Gasteiger partial charge on any atom is 0.127 e. The summed E-state index contributed by atoms with van der Waals surface area (Å²) in [7, 11) is 0. The summed E-state index contributed by atoms with van der Waals surface area (Å²) in [6.45, 7) is 5.00. The average Bonchev–Trinajstić information content (AvgIpc) is 2.48. The smallest absolute Gasteiger partial charge is 0.127 e. The second-order valence-corrected chi connectivity index (χ2v) is 4.83. The molecule has 2 aromatic carbocycles. The van der Waals surface area contributed by atoms with Crippen molar-refractivity contribution in [1.82, 2.24) is 0 Å². The Kier molecular flexibility index (Phi) is 4.58. The maximum absolute atomic E-state index is 5.81. The molecule has 0 aliphatic carbocycles. The molecule has 0 amide bonds. The van der Waals surface area contributed by atoms with Gasteiger partial charge in [0, 0.05) is 6.54 Å². The van der Waals surface area contributed by atoms with E-state index in [2.05, 4.69) is 26.0 Å². The first kappa shape index (κ1) is 13.6. The van der Waals surface area contributed by atoms with E-state index < -0.39 is 0 Å². The molecule has 2 rings (SSSR count). The molecule has 19 heavy (non-hydrogen) atoms. The van der Waals surface area contributed by atoms with Crippen LogP contribution in [-0.2, 0) is 6.54 Å². The standard InChI is InChI=1S/C17H21NO/c1-3-13(2)15-6-10-17(11-7-15)19-16-8-4-14(12-18)5-9-16/h4-11,13H,3,12,18H2,1-2H3. The summed E-state index contributed by atoms with van der Waals surface area (Å²) in [6, 6.07) is 16.2. The third kappa shape index (κ3) is 3.58. The number of ether oxygens (including phenoxy) is 1. The van der Waals surface area contributed by atoms with Crippen LogP contribution in [0, 0.1) is 0 Å². The average molecular weight is 255 g/mol. The van der Waals surface area contributed by atoms with Gasteiger partial charge in [0.15, 0.2) is 0 Å². The molecule has 0 aromatic heterocycles. The van der Waals surface area contributed by atoms with Gasteiger partial charge in [-0.05, 0) is 47.7 Å². The zero-order chi connectivity index (χ0) is 13.7. The molecule has 1 unspecified atom stereocenters. The fraction of sp³-hybridized carbons (Fsp3) is 0.294. The highest BCUT2D eigenvalue weighted by Gasteiger charge is 2.03. The molecule has 2 N–H and O–H groups in total. The number of nitrogens with two attached hydrogens (primary N) is 1. The Morgan fingerprint density at radius 1 is 0.947 bits per heavy atom. The lowest BCUT2D eigenvalue weighted by Gasteiger charge is -2.10. The van der Waals surface area contributed by atoms with Gasteiger partial charge in [-0.15, -0.1) is 0 Å². The fourth-order valence-electron chi connectivity index (χ4n) is 1.93. The normalized spacial score (nSPS) is 12.2. The predicted octanol–water partition coefficient (Wildman–Crippen LogP) is 4.45. The van der Waals surface area contributed by atoms with E-state index in [1.165, 1.54) is 5.56 Å². The molecule has 100 valence electrons. The number of benzene rings is 2. The molecule has 1 atom stereocenters. The van der Waals surface area contributed by atoms with Crippen molar-refractivity contribution in [2.45, 2.75) is 32.7 Å². The number of rotatable bonds is 5.